The Balaban J connectivity index is 1.80. The second-order valence-corrected chi connectivity index (χ2v) is 7.89. The van der Waals surface area contributed by atoms with E-state index >= 15 is 0 Å². The minimum Gasteiger partial charge on any atom is -0.280 e. The van der Waals surface area contributed by atoms with Gasteiger partial charge in [0.15, 0.2) is 0 Å². The standard InChI is InChI=1S/C19H18ClN3O2S/c1-14-12-15(2)23(21-14)19-5-3-4-18(13-19)22-26(24,25)11-10-16-6-8-17(20)9-7-16/h3-13,22H,1-2H3/b11-10+. The van der Waals surface area contributed by atoms with E-state index in [-0.39, 0.29) is 0 Å². The van der Waals surface area contributed by atoms with E-state index in [2.05, 4.69) is 9.82 Å². The molecular formula is C19H18ClN3O2S. The molecule has 0 atom stereocenters. The van der Waals surface area contributed by atoms with E-state index in [1.165, 1.54) is 6.08 Å². The molecule has 0 unspecified atom stereocenters. The smallest absolute Gasteiger partial charge is 0.255 e. The first-order valence-corrected chi connectivity index (χ1v) is 9.85. The van der Waals surface area contributed by atoms with Gasteiger partial charge < -0.3 is 0 Å². The van der Waals surface area contributed by atoms with Crippen molar-refractivity contribution in [2.75, 3.05) is 4.72 Å². The van der Waals surface area contributed by atoms with Crippen LogP contribution in [0.2, 0.25) is 5.02 Å². The SMILES string of the molecule is Cc1cc(C)n(-c2cccc(NS(=O)(=O)/C=C/c3ccc(Cl)cc3)c2)n1. The monoisotopic (exact) mass is 387 g/mol. The number of rotatable bonds is 5. The number of aryl methyl sites for hydroxylation is 2. The van der Waals surface area contributed by atoms with Crippen LogP contribution in [0.15, 0.2) is 60.0 Å². The van der Waals surface area contributed by atoms with Gasteiger partial charge in [-0.2, -0.15) is 5.10 Å². The molecular weight excluding hydrogens is 370 g/mol. The molecule has 1 heterocycles. The van der Waals surface area contributed by atoms with Crippen molar-refractivity contribution in [2.24, 2.45) is 0 Å². The summed E-state index contributed by atoms with van der Waals surface area (Å²) in [6.45, 7) is 3.86. The summed E-state index contributed by atoms with van der Waals surface area (Å²) in [5.41, 5.74) is 3.88. The lowest BCUT2D eigenvalue weighted by Gasteiger charge is -2.08. The van der Waals surface area contributed by atoms with E-state index in [1.807, 2.05) is 26.0 Å². The molecule has 7 heteroatoms. The summed E-state index contributed by atoms with van der Waals surface area (Å²) >= 11 is 5.83. The molecule has 0 saturated heterocycles. The maximum Gasteiger partial charge on any atom is 0.255 e. The highest BCUT2D eigenvalue weighted by Crippen LogP contribution is 2.18. The van der Waals surface area contributed by atoms with E-state index in [0.29, 0.717) is 10.7 Å². The normalized spacial score (nSPS) is 11.8. The fraction of sp³-hybridized carbons (Fsp3) is 0.105. The van der Waals surface area contributed by atoms with Crippen LogP contribution in [0.1, 0.15) is 17.0 Å². The summed E-state index contributed by atoms with van der Waals surface area (Å²) < 4.78 is 29.0. The highest BCUT2D eigenvalue weighted by Gasteiger charge is 2.08. The van der Waals surface area contributed by atoms with E-state index in [9.17, 15) is 8.42 Å². The van der Waals surface area contributed by atoms with Gasteiger partial charge in [0.25, 0.3) is 10.0 Å². The Kier molecular flexibility index (Phi) is 5.15. The average molecular weight is 388 g/mol. The van der Waals surface area contributed by atoms with Gasteiger partial charge in [0.05, 0.1) is 22.5 Å². The summed E-state index contributed by atoms with van der Waals surface area (Å²) in [6.07, 6.45) is 1.52. The molecule has 0 fully saturated rings. The van der Waals surface area contributed by atoms with E-state index in [1.54, 1.807) is 47.1 Å². The Morgan fingerprint density at radius 2 is 1.81 bits per heavy atom. The second kappa shape index (κ2) is 7.35. The molecule has 0 aliphatic carbocycles. The number of nitrogens with zero attached hydrogens (tertiary/aromatic N) is 2. The summed E-state index contributed by atoms with van der Waals surface area (Å²) in [5, 5.41) is 6.15. The summed E-state index contributed by atoms with van der Waals surface area (Å²) in [5.74, 6) is 0. The van der Waals surface area contributed by atoms with Gasteiger partial charge in [0.1, 0.15) is 0 Å². The molecule has 3 rings (SSSR count). The topological polar surface area (TPSA) is 64.0 Å². The highest BCUT2D eigenvalue weighted by atomic mass is 35.5. The van der Waals surface area contributed by atoms with Gasteiger partial charge >= 0.3 is 0 Å². The molecule has 0 aliphatic rings. The van der Waals surface area contributed by atoms with Crippen LogP contribution in [0.4, 0.5) is 5.69 Å². The van der Waals surface area contributed by atoms with Crippen LogP contribution in [-0.2, 0) is 10.0 Å². The zero-order chi connectivity index (χ0) is 18.7. The third kappa shape index (κ3) is 4.53. The van der Waals surface area contributed by atoms with Crippen LogP contribution in [-0.4, -0.2) is 18.2 Å². The van der Waals surface area contributed by atoms with Crippen molar-refractivity contribution in [1.29, 1.82) is 0 Å². The van der Waals surface area contributed by atoms with Gasteiger partial charge in [0, 0.05) is 10.7 Å². The molecule has 26 heavy (non-hydrogen) atoms. The Morgan fingerprint density at radius 3 is 2.46 bits per heavy atom. The van der Waals surface area contributed by atoms with Gasteiger partial charge in [-0.05, 0) is 61.9 Å². The Bertz CT molecular complexity index is 1050. The zero-order valence-corrected chi connectivity index (χ0v) is 15.9. The van der Waals surface area contributed by atoms with Crippen molar-refractivity contribution in [1.82, 2.24) is 9.78 Å². The fourth-order valence-corrected chi connectivity index (χ4v) is 3.52. The number of benzene rings is 2. The summed E-state index contributed by atoms with van der Waals surface area (Å²) in [6, 6.07) is 16.0. The number of anilines is 1. The van der Waals surface area contributed by atoms with Gasteiger partial charge in [-0.1, -0.05) is 29.8 Å². The van der Waals surface area contributed by atoms with Crippen LogP contribution >= 0.6 is 11.6 Å². The zero-order valence-electron chi connectivity index (χ0n) is 14.3. The molecule has 5 nitrogen and oxygen atoms in total. The van der Waals surface area contributed by atoms with Crippen LogP contribution in [0.3, 0.4) is 0 Å². The fourth-order valence-electron chi connectivity index (χ4n) is 2.53. The van der Waals surface area contributed by atoms with Gasteiger partial charge in [-0.3, -0.25) is 4.72 Å². The molecule has 0 amide bonds. The first kappa shape index (κ1) is 18.2. The molecule has 2 aromatic carbocycles. The molecule has 134 valence electrons. The molecule has 3 aromatic rings. The first-order valence-electron chi connectivity index (χ1n) is 7.93. The minimum absolute atomic E-state index is 0.468. The molecule has 0 radical (unpaired) electrons. The maximum absolute atomic E-state index is 12.3. The van der Waals surface area contributed by atoms with E-state index < -0.39 is 10.0 Å². The number of aromatic nitrogens is 2. The minimum atomic E-state index is -3.64. The Hall–Kier alpha value is -2.57. The van der Waals surface area contributed by atoms with Crippen molar-refractivity contribution in [2.45, 2.75) is 13.8 Å². The quantitative estimate of drug-likeness (QED) is 0.698. The molecule has 0 saturated carbocycles. The average Bonchev–Trinajstić information content (AvgIpc) is 2.93. The summed E-state index contributed by atoms with van der Waals surface area (Å²) in [7, 11) is -3.64. The van der Waals surface area contributed by atoms with Crippen LogP contribution < -0.4 is 4.72 Å². The van der Waals surface area contributed by atoms with Gasteiger partial charge in [-0.15, -0.1) is 0 Å². The molecule has 1 aromatic heterocycles. The predicted octanol–water partition coefficient (Wildman–Crippen LogP) is 4.56. The third-order valence-corrected chi connectivity index (χ3v) is 4.94. The van der Waals surface area contributed by atoms with Crippen molar-refractivity contribution in [3.05, 3.63) is 82.0 Å². The molecule has 1 N–H and O–H groups in total. The molecule has 0 spiro atoms. The van der Waals surface area contributed by atoms with E-state index in [4.69, 9.17) is 11.6 Å². The lowest BCUT2D eigenvalue weighted by Crippen LogP contribution is -2.09. The van der Waals surface area contributed by atoms with Crippen molar-refractivity contribution in [3.8, 4) is 5.69 Å². The number of sulfonamides is 1. The van der Waals surface area contributed by atoms with Crippen LogP contribution in [0.5, 0.6) is 0 Å². The highest BCUT2D eigenvalue weighted by molar-refractivity contribution is 7.95. The number of hydrogen-bond donors (Lipinski definition) is 1. The number of halogens is 1. The van der Waals surface area contributed by atoms with Crippen molar-refractivity contribution >= 4 is 33.4 Å². The van der Waals surface area contributed by atoms with Crippen molar-refractivity contribution in [3.63, 3.8) is 0 Å². The van der Waals surface area contributed by atoms with Crippen LogP contribution in [0, 0.1) is 13.8 Å². The van der Waals surface area contributed by atoms with E-state index in [0.717, 1.165) is 28.0 Å². The second-order valence-electron chi connectivity index (χ2n) is 5.89. The lowest BCUT2D eigenvalue weighted by atomic mass is 10.2. The summed E-state index contributed by atoms with van der Waals surface area (Å²) in [4.78, 5) is 0. The lowest BCUT2D eigenvalue weighted by molar-refractivity contribution is 0.609. The number of hydrogen-bond acceptors (Lipinski definition) is 3. The Morgan fingerprint density at radius 1 is 1.08 bits per heavy atom. The first-order chi connectivity index (χ1) is 12.3. The predicted molar refractivity (Wildman–Crippen MR) is 106 cm³/mol. The molecule has 0 aliphatic heterocycles. The molecule has 0 bridgehead atoms. The Labute approximate surface area is 158 Å². The van der Waals surface area contributed by atoms with Gasteiger partial charge in [0.2, 0.25) is 0 Å². The van der Waals surface area contributed by atoms with Gasteiger partial charge in [-0.25, -0.2) is 13.1 Å². The largest absolute Gasteiger partial charge is 0.280 e. The van der Waals surface area contributed by atoms with Crippen LogP contribution in [0.25, 0.3) is 11.8 Å². The third-order valence-electron chi connectivity index (χ3n) is 3.67. The van der Waals surface area contributed by atoms with Crippen molar-refractivity contribution < 1.29 is 8.42 Å². The number of nitrogens with one attached hydrogen (secondary N) is 1. The maximum atomic E-state index is 12.3.